The van der Waals surface area contributed by atoms with Gasteiger partial charge in [0.15, 0.2) is 5.96 Å². The molecule has 0 saturated heterocycles. The minimum atomic E-state index is -0.325. The highest BCUT2D eigenvalue weighted by Crippen LogP contribution is 2.09. The Kier molecular flexibility index (Phi) is 9.56. The number of guanidine groups is 1. The van der Waals surface area contributed by atoms with Gasteiger partial charge < -0.3 is 15.5 Å². The molecule has 138 valence electrons. The van der Waals surface area contributed by atoms with E-state index in [-0.39, 0.29) is 18.4 Å². The molecule has 5 nitrogen and oxygen atoms in total. The van der Waals surface area contributed by atoms with E-state index in [1.807, 2.05) is 6.07 Å². The van der Waals surface area contributed by atoms with Gasteiger partial charge in [-0.05, 0) is 57.6 Å². The monoisotopic (exact) mass is 347 g/mol. The van der Waals surface area contributed by atoms with Crippen molar-refractivity contribution in [2.75, 3.05) is 26.7 Å². The van der Waals surface area contributed by atoms with Crippen LogP contribution in [0.15, 0.2) is 23.2 Å². The third-order valence-corrected chi connectivity index (χ3v) is 4.23. The first-order valence-corrected chi connectivity index (χ1v) is 8.92. The molecule has 0 aliphatic carbocycles. The summed E-state index contributed by atoms with van der Waals surface area (Å²) >= 11 is 0. The van der Waals surface area contributed by atoms with E-state index in [0.29, 0.717) is 17.1 Å². The van der Waals surface area contributed by atoms with Crippen LogP contribution in [0, 0.1) is 17.1 Å². The van der Waals surface area contributed by atoms with Gasteiger partial charge in [-0.15, -0.1) is 0 Å². The summed E-state index contributed by atoms with van der Waals surface area (Å²) < 4.78 is 13.8. The summed E-state index contributed by atoms with van der Waals surface area (Å²) in [5.74, 6) is 0.311. The molecule has 2 N–H and O–H groups in total. The Hall–Kier alpha value is -2.13. The van der Waals surface area contributed by atoms with Gasteiger partial charge in [0.2, 0.25) is 0 Å². The van der Waals surface area contributed by atoms with Crippen molar-refractivity contribution in [2.45, 2.75) is 46.2 Å². The van der Waals surface area contributed by atoms with Crippen LogP contribution >= 0.6 is 0 Å². The first kappa shape index (κ1) is 20.9. The van der Waals surface area contributed by atoms with E-state index in [2.05, 4.69) is 41.3 Å². The van der Waals surface area contributed by atoms with Crippen LogP contribution < -0.4 is 10.6 Å². The molecule has 6 heteroatoms. The molecule has 0 spiro atoms. The highest BCUT2D eigenvalue weighted by Gasteiger charge is 2.08. The van der Waals surface area contributed by atoms with Gasteiger partial charge in [-0.1, -0.05) is 13.8 Å². The molecule has 1 aromatic carbocycles. The summed E-state index contributed by atoms with van der Waals surface area (Å²) in [6.45, 7) is 10.0. The molecular weight excluding hydrogens is 317 g/mol. The molecular formula is C19H30FN5. The second-order valence-corrected chi connectivity index (χ2v) is 6.06. The lowest BCUT2D eigenvalue weighted by atomic mass is 10.1. The molecule has 1 rings (SSSR count). The quantitative estimate of drug-likeness (QED) is 0.533. The van der Waals surface area contributed by atoms with E-state index in [4.69, 9.17) is 5.26 Å². The molecule has 0 amide bonds. The number of nitrogens with zero attached hydrogens (tertiary/aromatic N) is 3. The molecule has 1 atom stereocenters. The lowest BCUT2D eigenvalue weighted by Gasteiger charge is -2.21. The van der Waals surface area contributed by atoms with Crippen molar-refractivity contribution in [1.82, 2.24) is 15.5 Å². The van der Waals surface area contributed by atoms with Crippen molar-refractivity contribution in [3.63, 3.8) is 0 Å². The number of halogens is 1. The van der Waals surface area contributed by atoms with E-state index < -0.39 is 0 Å². The average molecular weight is 347 g/mol. The lowest BCUT2D eigenvalue weighted by molar-refractivity contribution is 0.292. The summed E-state index contributed by atoms with van der Waals surface area (Å²) in [6, 6.07) is 6.66. The van der Waals surface area contributed by atoms with Crippen LogP contribution in [0.3, 0.4) is 0 Å². The second-order valence-electron chi connectivity index (χ2n) is 6.06. The van der Waals surface area contributed by atoms with Crippen LogP contribution in [0.25, 0.3) is 0 Å². The van der Waals surface area contributed by atoms with Crippen LogP contribution in [-0.2, 0) is 6.54 Å². The van der Waals surface area contributed by atoms with Gasteiger partial charge >= 0.3 is 0 Å². The maximum atomic E-state index is 13.8. The number of nitrogens with one attached hydrogen (secondary N) is 2. The Morgan fingerprint density at radius 1 is 1.36 bits per heavy atom. The number of benzene rings is 1. The largest absolute Gasteiger partial charge is 0.354 e. The smallest absolute Gasteiger partial charge is 0.191 e. The minimum Gasteiger partial charge on any atom is -0.354 e. The highest BCUT2D eigenvalue weighted by molar-refractivity contribution is 5.79. The molecule has 0 saturated carbocycles. The van der Waals surface area contributed by atoms with Crippen LogP contribution in [0.4, 0.5) is 4.39 Å². The molecule has 0 aliphatic rings. The number of hydrogen-bond donors (Lipinski definition) is 2. The Morgan fingerprint density at radius 2 is 2.08 bits per heavy atom. The minimum absolute atomic E-state index is 0.275. The number of rotatable bonds is 9. The van der Waals surface area contributed by atoms with Gasteiger partial charge in [0.1, 0.15) is 5.82 Å². The van der Waals surface area contributed by atoms with Crippen molar-refractivity contribution >= 4 is 5.96 Å². The van der Waals surface area contributed by atoms with E-state index in [9.17, 15) is 4.39 Å². The molecule has 0 heterocycles. The average Bonchev–Trinajstić information content (AvgIpc) is 2.63. The summed E-state index contributed by atoms with van der Waals surface area (Å²) in [5.41, 5.74) is 0.905. The molecule has 0 aromatic heterocycles. The first-order valence-electron chi connectivity index (χ1n) is 8.92. The van der Waals surface area contributed by atoms with Crippen LogP contribution in [0.5, 0.6) is 0 Å². The maximum Gasteiger partial charge on any atom is 0.191 e. The van der Waals surface area contributed by atoms with Crippen molar-refractivity contribution < 1.29 is 4.39 Å². The highest BCUT2D eigenvalue weighted by atomic mass is 19.1. The Balaban J connectivity index is 2.45. The van der Waals surface area contributed by atoms with E-state index in [0.717, 1.165) is 32.5 Å². The molecule has 0 radical (unpaired) electrons. The SMILES string of the molecule is CCN(CC)CCCC(C)NC(=NC)NCc1cc(C#N)ccc1F. The maximum absolute atomic E-state index is 13.8. The third-order valence-electron chi connectivity index (χ3n) is 4.23. The second kappa shape index (κ2) is 11.4. The fourth-order valence-corrected chi connectivity index (χ4v) is 2.62. The zero-order valence-electron chi connectivity index (χ0n) is 15.8. The number of aliphatic imine (C=N–C) groups is 1. The van der Waals surface area contributed by atoms with Crippen molar-refractivity contribution in [2.24, 2.45) is 4.99 Å². The van der Waals surface area contributed by atoms with Gasteiger partial charge in [0.25, 0.3) is 0 Å². The Bertz CT molecular complexity index is 590. The van der Waals surface area contributed by atoms with Crippen LogP contribution in [-0.4, -0.2) is 43.6 Å². The van der Waals surface area contributed by atoms with E-state index in [1.165, 1.54) is 12.1 Å². The third kappa shape index (κ3) is 7.53. The molecule has 1 unspecified atom stereocenters. The zero-order valence-corrected chi connectivity index (χ0v) is 15.8. The Labute approximate surface area is 150 Å². The lowest BCUT2D eigenvalue weighted by Crippen LogP contribution is -2.42. The molecule has 0 aliphatic heterocycles. The van der Waals surface area contributed by atoms with Gasteiger partial charge in [-0.25, -0.2) is 4.39 Å². The van der Waals surface area contributed by atoms with E-state index >= 15 is 0 Å². The summed E-state index contributed by atoms with van der Waals surface area (Å²) in [6.07, 6.45) is 2.15. The van der Waals surface area contributed by atoms with Crippen molar-refractivity contribution in [3.05, 3.63) is 35.1 Å². The van der Waals surface area contributed by atoms with Crippen molar-refractivity contribution in [1.29, 1.82) is 5.26 Å². The van der Waals surface area contributed by atoms with Crippen LogP contribution in [0.1, 0.15) is 44.7 Å². The van der Waals surface area contributed by atoms with Gasteiger partial charge in [-0.2, -0.15) is 5.26 Å². The molecule has 0 fully saturated rings. The molecule has 25 heavy (non-hydrogen) atoms. The topological polar surface area (TPSA) is 63.4 Å². The fraction of sp³-hybridized carbons (Fsp3) is 0.579. The molecule has 0 bridgehead atoms. The molecule has 1 aromatic rings. The van der Waals surface area contributed by atoms with Gasteiger partial charge in [0, 0.05) is 25.2 Å². The number of nitriles is 1. The predicted octanol–water partition coefficient (Wildman–Crippen LogP) is 2.87. The summed E-state index contributed by atoms with van der Waals surface area (Å²) in [5, 5.41) is 15.4. The van der Waals surface area contributed by atoms with Crippen molar-refractivity contribution in [3.8, 4) is 6.07 Å². The number of hydrogen-bond acceptors (Lipinski definition) is 3. The normalized spacial score (nSPS) is 12.8. The summed E-state index contributed by atoms with van der Waals surface area (Å²) in [7, 11) is 1.69. The standard InChI is InChI=1S/C19H30FN5/c1-5-25(6-2)11-7-8-15(3)24-19(22-4)23-14-17-12-16(13-21)9-10-18(17)20/h9-10,12,15H,5-8,11,14H2,1-4H3,(H2,22,23,24). The van der Waals surface area contributed by atoms with E-state index in [1.54, 1.807) is 13.1 Å². The Morgan fingerprint density at radius 3 is 2.68 bits per heavy atom. The zero-order chi connectivity index (χ0) is 18.7. The van der Waals surface area contributed by atoms with Gasteiger partial charge in [0.05, 0.1) is 11.6 Å². The predicted molar refractivity (Wildman–Crippen MR) is 101 cm³/mol. The van der Waals surface area contributed by atoms with Gasteiger partial charge in [-0.3, -0.25) is 4.99 Å². The fourth-order valence-electron chi connectivity index (χ4n) is 2.62. The summed E-state index contributed by atoms with van der Waals surface area (Å²) in [4.78, 5) is 6.59. The first-order chi connectivity index (χ1) is 12.0. The van der Waals surface area contributed by atoms with Crippen LogP contribution in [0.2, 0.25) is 0 Å².